The van der Waals surface area contributed by atoms with Crippen molar-refractivity contribution in [2.24, 2.45) is 11.8 Å². The summed E-state index contributed by atoms with van der Waals surface area (Å²) >= 11 is 0. The Labute approximate surface area is 51.6 Å². The lowest BCUT2D eigenvalue weighted by atomic mass is 9.99. The van der Waals surface area contributed by atoms with Gasteiger partial charge < -0.3 is 0 Å². The Hall–Kier alpha value is -0.260. The van der Waals surface area contributed by atoms with Gasteiger partial charge in [0.25, 0.3) is 0 Å². The highest BCUT2D eigenvalue weighted by molar-refractivity contribution is 5.00. The van der Waals surface area contributed by atoms with Crippen molar-refractivity contribution < 1.29 is 0 Å². The zero-order valence-electron chi connectivity index (χ0n) is 5.78. The van der Waals surface area contributed by atoms with E-state index in [-0.39, 0.29) is 0 Å². The summed E-state index contributed by atoms with van der Waals surface area (Å²) in [6.45, 7) is 8.32. The number of hydrogen-bond donors (Lipinski definition) is 0. The molecule has 0 radical (unpaired) electrons. The van der Waals surface area contributed by atoms with Gasteiger partial charge in [-0.1, -0.05) is 19.1 Å². The molecule has 0 saturated heterocycles. The van der Waals surface area contributed by atoms with Crippen molar-refractivity contribution in [3.8, 4) is 0 Å². The number of rotatable bonds is 2. The van der Waals surface area contributed by atoms with Crippen LogP contribution < -0.4 is 0 Å². The fraction of sp³-hybridized carbons (Fsp3) is 0.750. The standard InChI is InChI=1S/C8H14/c1-6(2)7(3)8-4-5-8/h7-8H,1,4-5H2,2-3H3. The molecule has 46 valence electrons. The highest BCUT2D eigenvalue weighted by atomic mass is 14.3. The second-order valence-corrected chi connectivity index (χ2v) is 2.97. The summed E-state index contributed by atoms with van der Waals surface area (Å²) in [5, 5.41) is 0. The minimum atomic E-state index is 0.787. The van der Waals surface area contributed by atoms with E-state index in [0.717, 1.165) is 11.8 Å². The van der Waals surface area contributed by atoms with Crippen molar-refractivity contribution in [2.75, 3.05) is 0 Å². The molecule has 1 rings (SSSR count). The summed E-state index contributed by atoms with van der Waals surface area (Å²) < 4.78 is 0. The Morgan fingerprint density at radius 1 is 1.62 bits per heavy atom. The van der Waals surface area contributed by atoms with Crippen molar-refractivity contribution in [3.05, 3.63) is 12.2 Å². The van der Waals surface area contributed by atoms with E-state index < -0.39 is 0 Å². The van der Waals surface area contributed by atoms with Gasteiger partial charge in [-0.05, 0) is 31.6 Å². The van der Waals surface area contributed by atoms with Crippen molar-refractivity contribution in [3.63, 3.8) is 0 Å². The van der Waals surface area contributed by atoms with Gasteiger partial charge in [-0.3, -0.25) is 0 Å². The molecule has 0 spiro atoms. The van der Waals surface area contributed by atoms with Crippen LogP contribution in [0.15, 0.2) is 12.2 Å². The van der Waals surface area contributed by atoms with Crippen molar-refractivity contribution in [2.45, 2.75) is 26.7 Å². The lowest BCUT2D eigenvalue weighted by molar-refractivity contribution is 0.594. The summed E-state index contributed by atoms with van der Waals surface area (Å²) in [7, 11) is 0. The molecule has 1 fully saturated rings. The van der Waals surface area contributed by atoms with E-state index in [0.29, 0.717) is 0 Å². The molecule has 1 aliphatic carbocycles. The highest BCUT2D eigenvalue weighted by Crippen LogP contribution is 2.39. The Morgan fingerprint density at radius 2 is 2.12 bits per heavy atom. The maximum absolute atomic E-state index is 3.92. The highest BCUT2D eigenvalue weighted by Gasteiger charge is 2.27. The molecule has 0 amide bonds. The summed E-state index contributed by atoms with van der Waals surface area (Å²) in [4.78, 5) is 0. The molecule has 1 atom stereocenters. The Kier molecular flexibility index (Phi) is 1.41. The van der Waals surface area contributed by atoms with Gasteiger partial charge in [-0.15, -0.1) is 0 Å². The number of allylic oxidation sites excluding steroid dienone is 1. The van der Waals surface area contributed by atoms with Gasteiger partial charge in [0.1, 0.15) is 0 Å². The van der Waals surface area contributed by atoms with Crippen LogP contribution in [0.1, 0.15) is 26.7 Å². The maximum Gasteiger partial charge on any atom is -0.0209 e. The minimum absolute atomic E-state index is 0.787. The van der Waals surface area contributed by atoms with Crippen LogP contribution in [-0.2, 0) is 0 Å². The third kappa shape index (κ3) is 1.12. The van der Waals surface area contributed by atoms with Crippen molar-refractivity contribution in [1.82, 2.24) is 0 Å². The largest absolute Gasteiger partial charge is 0.0999 e. The lowest BCUT2D eigenvalue weighted by Crippen LogP contribution is -1.95. The van der Waals surface area contributed by atoms with E-state index in [1.54, 1.807) is 0 Å². The third-order valence-electron chi connectivity index (χ3n) is 2.11. The number of hydrogen-bond acceptors (Lipinski definition) is 0. The zero-order chi connectivity index (χ0) is 6.15. The van der Waals surface area contributed by atoms with E-state index in [1.165, 1.54) is 18.4 Å². The summed E-state index contributed by atoms with van der Waals surface area (Å²) in [6.07, 6.45) is 2.88. The molecular formula is C8H14. The molecular weight excluding hydrogens is 96.1 g/mol. The topological polar surface area (TPSA) is 0 Å². The Morgan fingerprint density at radius 3 is 2.25 bits per heavy atom. The first-order chi connectivity index (χ1) is 3.72. The van der Waals surface area contributed by atoms with Gasteiger partial charge in [-0.25, -0.2) is 0 Å². The van der Waals surface area contributed by atoms with E-state index >= 15 is 0 Å². The second-order valence-electron chi connectivity index (χ2n) is 2.97. The summed E-state index contributed by atoms with van der Waals surface area (Å²) in [5.74, 6) is 1.78. The van der Waals surface area contributed by atoms with Crippen LogP contribution in [0.25, 0.3) is 0 Å². The summed E-state index contributed by atoms with van der Waals surface area (Å²) in [6, 6.07) is 0. The molecule has 0 bridgehead atoms. The van der Waals surface area contributed by atoms with E-state index in [2.05, 4.69) is 20.4 Å². The monoisotopic (exact) mass is 110 g/mol. The Bertz CT molecular complexity index is 98.6. The first kappa shape index (κ1) is 5.87. The van der Waals surface area contributed by atoms with Crippen LogP contribution in [0.3, 0.4) is 0 Å². The van der Waals surface area contributed by atoms with Gasteiger partial charge in [-0.2, -0.15) is 0 Å². The molecule has 0 nitrogen and oxygen atoms in total. The molecule has 0 aromatic rings. The van der Waals surface area contributed by atoms with E-state index in [4.69, 9.17) is 0 Å². The average Bonchev–Trinajstić information content (AvgIpc) is 2.43. The summed E-state index contributed by atoms with van der Waals surface area (Å²) in [5.41, 5.74) is 1.35. The Balaban J connectivity index is 2.32. The molecule has 0 aliphatic heterocycles. The van der Waals surface area contributed by atoms with Crippen LogP contribution in [0.2, 0.25) is 0 Å². The molecule has 8 heavy (non-hydrogen) atoms. The van der Waals surface area contributed by atoms with Crippen molar-refractivity contribution >= 4 is 0 Å². The first-order valence-corrected chi connectivity index (χ1v) is 3.37. The normalized spacial score (nSPS) is 22.8. The first-order valence-electron chi connectivity index (χ1n) is 3.37. The third-order valence-corrected chi connectivity index (χ3v) is 2.11. The maximum atomic E-state index is 3.92. The molecule has 0 N–H and O–H groups in total. The van der Waals surface area contributed by atoms with Crippen molar-refractivity contribution in [1.29, 1.82) is 0 Å². The molecule has 0 heterocycles. The van der Waals surface area contributed by atoms with Crippen LogP contribution in [0.5, 0.6) is 0 Å². The molecule has 1 saturated carbocycles. The van der Waals surface area contributed by atoms with Crippen LogP contribution >= 0.6 is 0 Å². The van der Waals surface area contributed by atoms with Crippen LogP contribution in [0.4, 0.5) is 0 Å². The van der Waals surface area contributed by atoms with Gasteiger partial charge in [0.05, 0.1) is 0 Å². The van der Waals surface area contributed by atoms with E-state index in [9.17, 15) is 0 Å². The quantitative estimate of drug-likeness (QED) is 0.479. The fourth-order valence-corrected chi connectivity index (χ4v) is 0.999. The minimum Gasteiger partial charge on any atom is -0.0999 e. The smallest absolute Gasteiger partial charge is 0.0209 e. The van der Waals surface area contributed by atoms with E-state index in [1.807, 2.05) is 0 Å². The molecule has 1 unspecified atom stereocenters. The molecule has 1 aliphatic rings. The van der Waals surface area contributed by atoms with Gasteiger partial charge in [0.15, 0.2) is 0 Å². The average molecular weight is 110 g/mol. The van der Waals surface area contributed by atoms with Gasteiger partial charge in [0, 0.05) is 0 Å². The predicted octanol–water partition coefficient (Wildman–Crippen LogP) is 2.61. The lowest BCUT2D eigenvalue weighted by Gasteiger charge is -2.06. The molecule has 0 aromatic heterocycles. The van der Waals surface area contributed by atoms with Gasteiger partial charge in [0.2, 0.25) is 0 Å². The SMILES string of the molecule is C=C(C)C(C)C1CC1. The second kappa shape index (κ2) is 1.93. The zero-order valence-corrected chi connectivity index (χ0v) is 5.78. The van der Waals surface area contributed by atoms with Crippen LogP contribution in [-0.4, -0.2) is 0 Å². The predicted molar refractivity (Wildman–Crippen MR) is 36.7 cm³/mol. The molecule has 0 aromatic carbocycles. The molecule has 0 heteroatoms. The van der Waals surface area contributed by atoms with Crippen LogP contribution in [0, 0.1) is 11.8 Å². The van der Waals surface area contributed by atoms with Gasteiger partial charge >= 0.3 is 0 Å². The fourth-order valence-electron chi connectivity index (χ4n) is 0.999.